The van der Waals surface area contributed by atoms with E-state index in [1.165, 1.54) is 0 Å². The number of aliphatic carboxylic acids is 1. The van der Waals surface area contributed by atoms with Crippen LogP contribution in [0.3, 0.4) is 0 Å². The highest BCUT2D eigenvalue weighted by molar-refractivity contribution is 5.86. The highest BCUT2D eigenvalue weighted by Gasteiger charge is 2.45. The zero-order chi connectivity index (χ0) is 13.9. The number of amides is 1. The molecule has 2 rings (SSSR count). The monoisotopic (exact) mass is 269 g/mol. The fraction of sp³-hybridized carbons (Fsp3) is 0.857. The van der Waals surface area contributed by atoms with Crippen LogP contribution in [-0.2, 0) is 14.3 Å². The number of hydrogen-bond acceptors (Lipinski definition) is 3. The molecular formula is C14H23NO4. The van der Waals surface area contributed by atoms with Crippen LogP contribution in [0.5, 0.6) is 0 Å². The molecule has 1 saturated heterocycles. The third-order valence-corrected chi connectivity index (χ3v) is 4.28. The summed E-state index contributed by atoms with van der Waals surface area (Å²) in [5.41, 5.74) is -0.671. The maximum Gasteiger partial charge on any atom is 0.308 e. The van der Waals surface area contributed by atoms with Crippen molar-refractivity contribution in [3.8, 4) is 0 Å². The van der Waals surface area contributed by atoms with Gasteiger partial charge in [0.2, 0.25) is 0 Å². The lowest BCUT2D eigenvalue weighted by atomic mass is 9.94. The maximum atomic E-state index is 12.7. The van der Waals surface area contributed by atoms with Crippen molar-refractivity contribution in [3.63, 3.8) is 0 Å². The standard InChI is InChI=1S/C14H23NO4/c1-2-19-14(7-3-4-8-14)13(18)15-9-5-6-11(10-15)12(16)17/h11H,2-10H2,1H3,(H,16,17)/t11-/m0/s1. The van der Waals surface area contributed by atoms with Crippen LogP contribution in [0, 0.1) is 5.92 Å². The molecule has 0 unspecified atom stereocenters. The Morgan fingerprint density at radius 1 is 1.32 bits per heavy atom. The van der Waals surface area contributed by atoms with E-state index >= 15 is 0 Å². The van der Waals surface area contributed by atoms with Crippen LogP contribution in [0.15, 0.2) is 0 Å². The summed E-state index contributed by atoms with van der Waals surface area (Å²) < 4.78 is 5.76. The summed E-state index contributed by atoms with van der Waals surface area (Å²) in [6.45, 7) is 3.44. The van der Waals surface area contributed by atoms with Gasteiger partial charge in [-0.2, -0.15) is 0 Å². The zero-order valence-electron chi connectivity index (χ0n) is 11.6. The molecule has 1 amide bonds. The number of carbonyl (C=O) groups is 2. The van der Waals surface area contributed by atoms with Gasteiger partial charge >= 0.3 is 5.97 Å². The topological polar surface area (TPSA) is 66.8 Å². The van der Waals surface area contributed by atoms with Gasteiger partial charge in [0.25, 0.3) is 5.91 Å². The molecule has 1 heterocycles. The molecule has 0 aromatic heterocycles. The lowest BCUT2D eigenvalue weighted by molar-refractivity contribution is -0.161. The molecule has 0 bridgehead atoms. The fourth-order valence-corrected chi connectivity index (χ4v) is 3.29. The minimum Gasteiger partial charge on any atom is -0.481 e. The number of rotatable bonds is 4. The highest BCUT2D eigenvalue weighted by Crippen LogP contribution is 2.36. The van der Waals surface area contributed by atoms with E-state index in [0.717, 1.165) is 32.1 Å². The van der Waals surface area contributed by atoms with E-state index in [2.05, 4.69) is 0 Å². The number of likely N-dealkylation sites (tertiary alicyclic amines) is 1. The second kappa shape index (κ2) is 5.90. The first kappa shape index (κ1) is 14.3. The number of carboxylic acids is 1. The van der Waals surface area contributed by atoms with Gasteiger partial charge in [-0.15, -0.1) is 0 Å². The molecule has 0 aromatic carbocycles. The third kappa shape index (κ3) is 2.91. The van der Waals surface area contributed by atoms with Gasteiger partial charge in [0.15, 0.2) is 0 Å². The van der Waals surface area contributed by atoms with Crippen molar-refractivity contribution in [2.24, 2.45) is 5.92 Å². The fourth-order valence-electron chi connectivity index (χ4n) is 3.29. The average molecular weight is 269 g/mol. The average Bonchev–Trinajstić information content (AvgIpc) is 2.88. The Balaban J connectivity index is 2.07. The van der Waals surface area contributed by atoms with Gasteiger partial charge < -0.3 is 14.7 Å². The SMILES string of the molecule is CCOC1(C(=O)N2CCC[C@H](C(=O)O)C2)CCCC1. The molecular weight excluding hydrogens is 246 g/mol. The quantitative estimate of drug-likeness (QED) is 0.843. The zero-order valence-corrected chi connectivity index (χ0v) is 11.6. The summed E-state index contributed by atoms with van der Waals surface area (Å²) in [6, 6.07) is 0. The molecule has 5 heteroatoms. The molecule has 1 saturated carbocycles. The minimum absolute atomic E-state index is 0.0119. The predicted molar refractivity (Wildman–Crippen MR) is 69.8 cm³/mol. The first-order valence-electron chi connectivity index (χ1n) is 7.25. The molecule has 2 fully saturated rings. The smallest absolute Gasteiger partial charge is 0.308 e. The van der Waals surface area contributed by atoms with Gasteiger partial charge in [0, 0.05) is 19.7 Å². The van der Waals surface area contributed by atoms with Crippen molar-refractivity contribution in [2.75, 3.05) is 19.7 Å². The number of piperidine rings is 1. The van der Waals surface area contributed by atoms with Crippen molar-refractivity contribution in [1.82, 2.24) is 4.90 Å². The first-order chi connectivity index (χ1) is 9.09. The maximum absolute atomic E-state index is 12.7. The summed E-state index contributed by atoms with van der Waals surface area (Å²) in [4.78, 5) is 25.5. The van der Waals surface area contributed by atoms with Crippen LogP contribution < -0.4 is 0 Å². The van der Waals surface area contributed by atoms with E-state index in [1.807, 2.05) is 6.92 Å². The van der Waals surface area contributed by atoms with Gasteiger partial charge in [-0.05, 0) is 45.4 Å². The Morgan fingerprint density at radius 3 is 2.58 bits per heavy atom. The van der Waals surface area contributed by atoms with Gasteiger partial charge in [-0.3, -0.25) is 9.59 Å². The largest absolute Gasteiger partial charge is 0.481 e. The van der Waals surface area contributed by atoms with Crippen molar-refractivity contribution in [3.05, 3.63) is 0 Å². The Labute approximate surface area is 113 Å². The molecule has 19 heavy (non-hydrogen) atoms. The van der Waals surface area contributed by atoms with Crippen LogP contribution >= 0.6 is 0 Å². The van der Waals surface area contributed by atoms with E-state index in [0.29, 0.717) is 26.1 Å². The molecule has 108 valence electrons. The van der Waals surface area contributed by atoms with Gasteiger partial charge in [0.05, 0.1) is 5.92 Å². The van der Waals surface area contributed by atoms with Crippen LogP contribution in [0.4, 0.5) is 0 Å². The molecule has 0 radical (unpaired) electrons. The summed E-state index contributed by atoms with van der Waals surface area (Å²) in [7, 11) is 0. The Kier molecular flexibility index (Phi) is 4.45. The van der Waals surface area contributed by atoms with E-state index in [-0.39, 0.29) is 5.91 Å². The molecule has 1 atom stereocenters. The van der Waals surface area contributed by atoms with E-state index in [9.17, 15) is 9.59 Å². The second-order valence-electron chi connectivity index (χ2n) is 5.56. The molecule has 1 N–H and O–H groups in total. The normalized spacial score (nSPS) is 26.4. The number of ether oxygens (including phenoxy) is 1. The lowest BCUT2D eigenvalue weighted by Crippen LogP contribution is -2.53. The molecule has 2 aliphatic rings. The van der Waals surface area contributed by atoms with Gasteiger partial charge in [-0.1, -0.05) is 0 Å². The Morgan fingerprint density at radius 2 is 2.00 bits per heavy atom. The van der Waals surface area contributed by atoms with Crippen LogP contribution in [0.25, 0.3) is 0 Å². The second-order valence-corrected chi connectivity index (χ2v) is 5.56. The molecule has 0 aromatic rings. The van der Waals surface area contributed by atoms with Crippen LogP contribution in [-0.4, -0.2) is 47.2 Å². The van der Waals surface area contributed by atoms with E-state index in [1.54, 1.807) is 4.90 Å². The van der Waals surface area contributed by atoms with Crippen molar-refractivity contribution >= 4 is 11.9 Å². The highest BCUT2D eigenvalue weighted by atomic mass is 16.5. The van der Waals surface area contributed by atoms with Crippen molar-refractivity contribution < 1.29 is 19.4 Å². The number of carbonyl (C=O) groups excluding carboxylic acids is 1. The van der Waals surface area contributed by atoms with E-state index < -0.39 is 17.5 Å². The van der Waals surface area contributed by atoms with Crippen molar-refractivity contribution in [2.45, 2.75) is 51.0 Å². The van der Waals surface area contributed by atoms with Crippen molar-refractivity contribution in [1.29, 1.82) is 0 Å². The summed E-state index contributed by atoms with van der Waals surface area (Å²) in [5.74, 6) is -1.20. The minimum atomic E-state index is -0.797. The molecule has 1 aliphatic carbocycles. The Bertz CT molecular complexity index is 349. The van der Waals surface area contributed by atoms with Crippen LogP contribution in [0.2, 0.25) is 0 Å². The first-order valence-corrected chi connectivity index (χ1v) is 7.25. The number of carboxylic acid groups (broad SMARTS) is 1. The predicted octanol–water partition coefficient (Wildman–Crippen LogP) is 1.66. The lowest BCUT2D eigenvalue weighted by Gasteiger charge is -2.37. The third-order valence-electron chi connectivity index (χ3n) is 4.28. The Hall–Kier alpha value is -1.10. The van der Waals surface area contributed by atoms with E-state index in [4.69, 9.17) is 9.84 Å². The van der Waals surface area contributed by atoms with Gasteiger partial charge in [0.1, 0.15) is 5.60 Å². The summed E-state index contributed by atoms with van der Waals surface area (Å²) in [5, 5.41) is 9.10. The number of nitrogens with zero attached hydrogens (tertiary/aromatic N) is 1. The molecule has 0 spiro atoms. The molecule has 5 nitrogen and oxygen atoms in total. The summed E-state index contributed by atoms with van der Waals surface area (Å²) >= 11 is 0. The van der Waals surface area contributed by atoms with Crippen LogP contribution in [0.1, 0.15) is 45.4 Å². The molecule has 1 aliphatic heterocycles. The summed E-state index contributed by atoms with van der Waals surface area (Å²) in [6.07, 6.45) is 5.01. The number of hydrogen-bond donors (Lipinski definition) is 1. The van der Waals surface area contributed by atoms with Gasteiger partial charge in [-0.25, -0.2) is 0 Å².